The molecular formula is C27H18BrN3O6S2. The topological polar surface area (TPSA) is 123 Å². The molecule has 0 radical (unpaired) electrons. The summed E-state index contributed by atoms with van der Waals surface area (Å²) < 4.78 is 6.98. The molecule has 12 heteroatoms. The van der Waals surface area contributed by atoms with Crippen LogP contribution in [0.25, 0.3) is 0 Å². The van der Waals surface area contributed by atoms with Gasteiger partial charge < -0.3 is 9.72 Å². The van der Waals surface area contributed by atoms with E-state index in [9.17, 15) is 24.5 Å². The van der Waals surface area contributed by atoms with Crippen LogP contribution in [0.3, 0.4) is 0 Å². The molecule has 0 spiro atoms. The summed E-state index contributed by atoms with van der Waals surface area (Å²) in [5.74, 6) is -1.77. The Morgan fingerprint density at radius 2 is 1.74 bits per heavy atom. The van der Waals surface area contributed by atoms with Crippen LogP contribution in [0.2, 0.25) is 0 Å². The van der Waals surface area contributed by atoms with Gasteiger partial charge in [-0.1, -0.05) is 69.4 Å². The van der Waals surface area contributed by atoms with E-state index in [0.717, 1.165) is 26.3 Å². The minimum Gasteiger partial charge on any atom is -0.489 e. The number of carbonyl (C=O) groups is 2. The van der Waals surface area contributed by atoms with E-state index in [4.69, 9.17) is 4.74 Å². The van der Waals surface area contributed by atoms with E-state index in [2.05, 4.69) is 20.9 Å². The van der Waals surface area contributed by atoms with Crippen LogP contribution < -0.4 is 14.5 Å². The summed E-state index contributed by atoms with van der Waals surface area (Å²) in [4.78, 5) is 54.9. The summed E-state index contributed by atoms with van der Waals surface area (Å²) >= 11 is 5.71. The van der Waals surface area contributed by atoms with E-state index < -0.39 is 33.8 Å². The SMILES string of the molecule is O=C1[C@H]2[C@H](c3cc(Br)ccc3OCc3ccccc3)c3sc(=O)[nH]c3S[C@H]2C(=O)N1c1ccc([N+](=O)[O-])cc1. The first-order chi connectivity index (χ1) is 18.8. The number of aromatic amines is 1. The number of thiazole rings is 1. The molecule has 0 bridgehead atoms. The first-order valence-electron chi connectivity index (χ1n) is 11.8. The number of H-pyrrole nitrogens is 1. The first-order valence-corrected chi connectivity index (χ1v) is 14.3. The monoisotopic (exact) mass is 623 g/mol. The highest BCUT2D eigenvalue weighted by Crippen LogP contribution is 2.54. The number of benzene rings is 3. The van der Waals surface area contributed by atoms with E-state index >= 15 is 0 Å². The summed E-state index contributed by atoms with van der Waals surface area (Å²) in [5.41, 5.74) is 1.76. The van der Waals surface area contributed by atoms with Crippen molar-refractivity contribution in [2.24, 2.45) is 5.92 Å². The zero-order valence-electron chi connectivity index (χ0n) is 19.9. The van der Waals surface area contributed by atoms with E-state index in [-0.39, 0.29) is 16.2 Å². The number of carbonyl (C=O) groups excluding carboxylic acids is 2. The highest BCUT2D eigenvalue weighted by Gasteiger charge is 2.56. The van der Waals surface area contributed by atoms with Gasteiger partial charge in [-0.25, -0.2) is 4.90 Å². The van der Waals surface area contributed by atoms with Gasteiger partial charge in [-0.05, 0) is 35.9 Å². The third-order valence-electron chi connectivity index (χ3n) is 6.69. The molecule has 3 heterocycles. The quantitative estimate of drug-likeness (QED) is 0.171. The lowest BCUT2D eigenvalue weighted by Gasteiger charge is -2.31. The Labute approximate surface area is 238 Å². The highest BCUT2D eigenvalue weighted by atomic mass is 79.9. The minimum absolute atomic E-state index is 0.142. The van der Waals surface area contributed by atoms with Crippen LogP contribution in [0.5, 0.6) is 5.75 Å². The number of nitro groups is 1. The normalized spacial score (nSPS) is 20.0. The fraction of sp³-hybridized carbons (Fsp3) is 0.148. The summed E-state index contributed by atoms with van der Waals surface area (Å²) in [7, 11) is 0. The molecule has 6 rings (SSSR count). The van der Waals surface area contributed by atoms with Crippen molar-refractivity contribution in [3.05, 3.63) is 113 Å². The third kappa shape index (κ3) is 4.58. The van der Waals surface area contributed by atoms with Gasteiger partial charge in [-0.15, -0.1) is 0 Å². The number of rotatable bonds is 6. The smallest absolute Gasteiger partial charge is 0.305 e. The second-order valence-corrected chi connectivity index (χ2v) is 12.1. The van der Waals surface area contributed by atoms with Crippen molar-refractivity contribution in [1.82, 2.24) is 4.98 Å². The first kappa shape index (κ1) is 25.5. The van der Waals surface area contributed by atoms with Gasteiger partial charge in [0.25, 0.3) is 5.69 Å². The van der Waals surface area contributed by atoms with Gasteiger partial charge in [-0.2, -0.15) is 0 Å². The highest BCUT2D eigenvalue weighted by molar-refractivity contribution is 9.10. The molecule has 4 aromatic rings. The molecule has 9 nitrogen and oxygen atoms in total. The maximum atomic E-state index is 14.0. The third-order valence-corrected chi connectivity index (χ3v) is 9.58. The van der Waals surface area contributed by atoms with E-state index in [1.54, 1.807) is 0 Å². The minimum atomic E-state index is -0.815. The number of hydrogen-bond donors (Lipinski definition) is 1. The van der Waals surface area contributed by atoms with Crippen LogP contribution in [-0.2, 0) is 16.2 Å². The molecule has 2 amide bonds. The molecule has 0 unspecified atom stereocenters. The lowest BCUT2D eigenvalue weighted by Crippen LogP contribution is -2.32. The van der Waals surface area contributed by atoms with Crippen LogP contribution in [0.4, 0.5) is 11.4 Å². The van der Waals surface area contributed by atoms with Gasteiger partial charge in [0.15, 0.2) is 0 Å². The molecular weight excluding hydrogens is 606 g/mol. The lowest BCUT2D eigenvalue weighted by atomic mass is 9.82. The molecule has 1 saturated heterocycles. The number of nitrogens with one attached hydrogen (secondary N) is 1. The number of halogens is 1. The number of nitrogens with zero attached hydrogens (tertiary/aromatic N) is 2. The average molecular weight is 624 g/mol. The van der Waals surface area contributed by atoms with Crippen molar-refractivity contribution in [3.63, 3.8) is 0 Å². The van der Waals surface area contributed by atoms with E-state index in [0.29, 0.717) is 27.8 Å². The number of non-ortho nitro benzene ring substituents is 1. The Balaban J connectivity index is 1.43. The van der Waals surface area contributed by atoms with Crippen molar-refractivity contribution in [2.45, 2.75) is 22.8 Å². The number of fused-ring (bicyclic) bond motifs is 2. The van der Waals surface area contributed by atoms with Gasteiger partial charge in [0.1, 0.15) is 17.6 Å². The van der Waals surface area contributed by atoms with Crippen LogP contribution >= 0.6 is 39.0 Å². The molecule has 1 fully saturated rings. The summed E-state index contributed by atoms with van der Waals surface area (Å²) in [6.07, 6.45) is 0. The molecule has 3 atom stereocenters. The number of ether oxygens (including phenoxy) is 1. The van der Waals surface area contributed by atoms with Crippen LogP contribution in [0.15, 0.2) is 87.1 Å². The molecule has 39 heavy (non-hydrogen) atoms. The van der Waals surface area contributed by atoms with E-state index in [1.807, 2.05) is 48.5 Å². The van der Waals surface area contributed by atoms with Crippen molar-refractivity contribution in [2.75, 3.05) is 4.90 Å². The Kier molecular flexibility index (Phi) is 6.61. The van der Waals surface area contributed by atoms with Crippen molar-refractivity contribution in [1.29, 1.82) is 0 Å². The number of thioether (sulfide) groups is 1. The van der Waals surface area contributed by atoms with Gasteiger partial charge in [0, 0.05) is 33.0 Å². The van der Waals surface area contributed by atoms with Gasteiger partial charge in [0.2, 0.25) is 11.8 Å². The second kappa shape index (κ2) is 10.1. The summed E-state index contributed by atoms with van der Waals surface area (Å²) in [5, 5.41) is 10.9. The number of amides is 2. The van der Waals surface area contributed by atoms with Crippen LogP contribution in [0.1, 0.15) is 21.9 Å². The zero-order valence-corrected chi connectivity index (χ0v) is 23.1. The molecule has 3 aromatic carbocycles. The number of aromatic nitrogens is 1. The molecule has 1 N–H and O–H groups in total. The molecule has 0 aliphatic carbocycles. The fourth-order valence-corrected chi connectivity index (χ4v) is 7.84. The number of imide groups is 1. The summed E-state index contributed by atoms with van der Waals surface area (Å²) in [6, 6.07) is 20.5. The molecule has 0 saturated carbocycles. The zero-order chi connectivity index (χ0) is 27.3. The van der Waals surface area contributed by atoms with Crippen molar-refractivity contribution in [3.8, 4) is 5.75 Å². The number of nitro benzene ring substituents is 1. The molecule has 1 aromatic heterocycles. The predicted molar refractivity (Wildman–Crippen MR) is 150 cm³/mol. The number of hydrogen-bond acceptors (Lipinski definition) is 8. The number of anilines is 1. The van der Waals surface area contributed by atoms with Crippen molar-refractivity contribution >= 4 is 62.2 Å². The van der Waals surface area contributed by atoms with E-state index in [1.165, 1.54) is 36.0 Å². The maximum absolute atomic E-state index is 14.0. The van der Waals surface area contributed by atoms with Crippen molar-refractivity contribution < 1.29 is 19.2 Å². The second-order valence-electron chi connectivity index (χ2n) is 8.99. The Morgan fingerprint density at radius 3 is 2.46 bits per heavy atom. The standard InChI is InChI=1S/C27H18BrN3O6S2/c28-15-6-11-19(37-13-14-4-2-1-3-5-14)18(12-15)20-21-23(38-24-22(20)39-27(34)29-24)26(33)30(25(21)32)16-7-9-17(10-8-16)31(35)36/h1-12,20-21,23H,13H2,(H,29,34)/t20-,21-,23+/m0/s1. The molecule has 2 aliphatic rings. The van der Waals surface area contributed by atoms with Crippen LogP contribution in [-0.4, -0.2) is 27.0 Å². The predicted octanol–water partition coefficient (Wildman–Crippen LogP) is 5.48. The Morgan fingerprint density at radius 1 is 1.00 bits per heavy atom. The fourth-order valence-electron chi connectivity index (χ4n) is 4.96. The molecule has 196 valence electrons. The van der Waals surface area contributed by atoms with Gasteiger partial charge >= 0.3 is 4.87 Å². The Hall–Kier alpha value is -3.74. The van der Waals surface area contributed by atoms with Gasteiger partial charge in [-0.3, -0.25) is 24.5 Å². The summed E-state index contributed by atoms with van der Waals surface area (Å²) in [6.45, 7) is 0.295. The molecule has 2 aliphatic heterocycles. The maximum Gasteiger partial charge on any atom is 0.305 e. The van der Waals surface area contributed by atoms with Crippen LogP contribution in [0, 0.1) is 16.0 Å². The largest absolute Gasteiger partial charge is 0.489 e. The Bertz CT molecular complexity index is 1670. The lowest BCUT2D eigenvalue weighted by molar-refractivity contribution is -0.384. The van der Waals surface area contributed by atoms with Gasteiger partial charge in [0.05, 0.1) is 21.6 Å². The average Bonchev–Trinajstić information content (AvgIpc) is 3.42.